The maximum absolute atomic E-state index is 12.2. The molecule has 0 aromatic carbocycles. The SMILES string of the molecule is CC(C)OCC(=O)C(C)(C)N1CCCCCC1. The van der Waals surface area contributed by atoms with Gasteiger partial charge in [0.05, 0.1) is 11.6 Å². The Kier molecular flexibility index (Phi) is 5.60. The van der Waals surface area contributed by atoms with E-state index in [1.807, 2.05) is 27.7 Å². The molecule has 0 radical (unpaired) electrons. The lowest BCUT2D eigenvalue weighted by atomic mass is 9.96. The van der Waals surface area contributed by atoms with E-state index in [-0.39, 0.29) is 24.0 Å². The molecule has 100 valence electrons. The van der Waals surface area contributed by atoms with Crippen LogP contribution in [0.15, 0.2) is 0 Å². The smallest absolute Gasteiger partial charge is 0.178 e. The summed E-state index contributed by atoms with van der Waals surface area (Å²) in [6.45, 7) is 10.3. The van der Waals surface area contributed by atoms with E-state index in [2.05, 4.69) is 4.90 Å². The van der Waals surface area contributed by atoms with E-state index in [9.17, 15) is 4.79 Å². The van der Waals surface area contributed by atoms with Crippen molar-refractivity contribution in [1.82, 2.24) is 4.90 Å². The summed E-state index contributed by atoms with van der Waals surface area (Å²) in [7, 11) is 0. The highest BCUT2D eigenvalue weighted by Gasteiger charge is 2.34. The summed E-state index contributed by atoms with van der Waals surface area (Å²) in [6.07, 6.45) is 5.13. The monoisotopic (exact) mass is 241 g/mol. The number of hydrogen-bond acceptors (Lipinski definition) is 3. The van der Waals surface area contributed by atoms with Crippen molar-refractivity contribution < 1.29 is 9.53 Å². The Bertz CT molecular complexity index is 241. The topological polar surface area (TPSA) is 29.5 Å². The second kappa shape index (κ2) is 6.50. The molecule has 3 nitrogen and oxygen atoms in total. The Labute approximate surface area is 106 Å². The molecule has 0 N–H and O–H groups in total. The van der Waals surface area contributed by atoms with Crippen molar-refractivity contribution in [2.24, 2.45) is 0 Å². The Morgan fingerprint density at radius 1 is 1.18 bits per heavy atom. The van der Waals surface area contributed by atoms with Crippen molar-refractivity contribution >= 4 is 5.78 Å². The van der Waals surface area contributed by atoms with Gasteiger partial charge in [-0.25, -0.2) is 0 Å². The van der Waals surface area contributed by atoms with Gasteiger partial charge in [0.2, 0.25) is 0 Å². The fraction of sp³-hybridized carbons (Fsp3) is 0.929. The highest BCUT2D eigenvalue weighted by molar-refractivity contribution is 5.88. The van der Waals surface area contributed by atoms with Crippen LogP contribution in [0.25, 0.3) is 0 Å². The predicted octanol–water partition coefficient (Wildman–Crippen LogP) is 2.64. The van der Waals surface area contributed by atoms with Crippen LogP contribution in [0.2, 0.25) is 0 Å². The van der Waals surface area contributed by atoms with Gasteiger partial charge < -0.3 is 4.74 Å². The highest BCUT2D eigenvalue weighted by Crippen LogP contribution is 2.21. The van der Waals surface area contributed by atoms with Gasteiger partial charge in [-0.3, -0.25) is 9.69 Å². The molecular weight excluding hydrogens is 214 g/mol. The fourth-order valence-corrected chi connectivity index (χ4v) is 2.23. The number of likely N-dealkylation sites (tertiary alicyclic amines) is 1. The van der Waals surface area contributed by atoms with Crippen LogP contribution in [0, 0.1) is 0 Å². The van der Waals surface area contributed by atoms with Crippen LogP contribution in [0.1, 0.15) is 53.4 Å². The van der Waals surface area contributed by atoms with E-state index in [0.717, 1.165) is 13.1 Å². The Balaban J connectivity index is 2.54. The lowest BCUT2D eigenvalue weighted by molar-refractivity contribution is -0.135. The first-order chi connectivity index (χ1) is 7.94. The minimum absolute atomic E-state index is 0.124. The van der Waals surface area contributed by atoms with Crippen molar-refractivity contribution in [2.45, 2.75) is 65.0 Å². The van der Waals surface area contributed by atoms with Gasteiger partial charge >= 0.3 is 0 Å². The zero-order valence-corrected chi connectivity index (χ0v) is 11.8. The van der Waals surface area contributed by atoms with Gasteiger partial charge in [0, 0.05) is 0 Å². The molecule has 0 amide bonds. The Hall–Kier alpha value is -0.410. The fourth-order valence-electron chi connectivity index (χ4n) is 2.23. The van der Waals surface area contributed by atoms with Crippen LogP contribution >= 0.6 is 0 Å². The molecule has 1 fully saturated rings. The molecule has 1 saturated heterocycles. The van der Waals surface area contributed by atoms with Crippen molar-refractivity contribution in [1.29, 1.82) is 0 Å². The van der Waals surface area contributed by atoms with Gasteiger partial charge in [-0.15, -0.1) is 0 Å². The van der Waals surface area contributed by atoms with Crippen LogP contribution in [-0.2, 0) is 9.53 Å². The summed E-state index contributed by atoms with van der Waals surface area (Å²) in [5, 5.41) is 0. The number of hydrogen-bond donors (Lipinski definition) is 0. The minimum atomic E-state index is -0.376. The molecule has 0 aromatic rings. The van der Waals surface area contributed by atoms with E-state index in [1.165, 1.54) is 25.7 Å². The molecule has 0 aromatic heterocycles. The normalized spacial score (nSPS) is 19.4. The molecule has 1 aliphatic rings. The number of carbonyl (C=O) groups is 1. The van der Waals surface area contributed by atoms with E-state index in [1.54, 1.807) is 0 Å². The first-order valence-corrected chi connectivity index (χ1v) is 6.84. The second-order valence-electron chi connectivity index (χ2n) is 5.74. The summed E-state index contributed by atoms with van der Waals surface area (Å²) in [4.78, 5) is 14.5. The predicted molar refractivity (Wildman–Crippen MR) is 70.2 cm³/mol. The number of Topliss-reactive ketones (excluding diaryl/α,β-unsaturated/α-hetero) is 1. The lowest BCUT2D eigenvalue weighted by Gasteiger charge is -2.36. The number of ether oxygens (including phenoxy) is 1. The molecule has 1 aliphatic heterocycles. The van der Waals surface area contributed by atoms with Gasteiger partial charge in [-0.05, 0) is 53.6 Å². The van der Waals surface area contributed by atoms with Gasteiger partial charge in [0.15, 0.2) is 5.78 Å². The molecule has 0 atom stereocenters. The average Bonchev–Trinajstić information content (AvgIpc) is 2.54. The van der Waals surface area contributed by atoms with Crippen LogP contribution in [0.4, 0.5) is 0 Å². The van der Waals surface area contributed by atoms with Crippen molar-refractivity contribution in [3.63, 3.8) is 0 Å². The maximum atomic E-state index is 12.2. The van der Waals surface area contributed by atoms with Gasteiger partial charge in [-0.1, -0.05) is 12.8 Å². The molecule has 1 rings (SSSR count). The third-order valence-electron chi connectivity index (χ3n) is 3.63. The summed E-state index contributed by atoms with van der Waals surface area (Å²) < 4.78 is 5.44. The van der Waals surface area contributed by atoms with Crippen molar-refractivity contribution in [3.8, 4) is 0 Å². The van der Waals surface area contributed by atoms with Gasteiger partial charge in [0.1, 0.15) is 6.61 Å². The first kappa shape index (κ1) is 14.7. The molecule has 0 unspecified atom stereocenters. The van der Waals surface area contributed by atoms with Crippen molar-refractivity contribution in [3.05, 3.63) is 0 Å². The van der Waals surface area contributed by atoms with E-state index in [4.69, 9.17) is 4.74 Å². The molecule has 3 heteroatoms. The zero-order chi connectivity index (χ0) is 12.9. The summed E-state index contributed by atoms with van der Waals surface area (Å²) in [6, 6.07) is 0. The zero-order valence-electron chi connectivity index (χ0n) is 11.8. The molecule has 0 aliphatic carbocycles. The lowest BCUT2D eigenvalue weighted by Crippen LogP contribution is -2.52. The van der Waals surface area contributed by atoms with Crippen LogP contribution in [-0.4, -0.2) is 42.0 Å². The molecular formula is C14H27NO2. The highest BCUT2D eigenvalue weighted by atomic mass is 16.5. The number of nitrogens with zero attached hydrogens (tertiary/aromatic N) is 1. The quantitative estimate of drug-likeness (QED) is 0.741. The standard InChI is InChI=1S/C14H27NO2/c1-12(2)17-11-13(16)14(3,4)15-9-7-5-6-8-10-15/h12H,5-11H2,1-4H3. The molecule has 1 heterocycles. The summed E-state index contributed by atoms with van der Waals surface area (Å²) in [5.74, 6) is 0.202. The number of rotatable bonds is 5. The van der Waals surface area contributed by atoms with Gasteiger partial charge in [0.25, 0.3) is 0 Å². The Morgan fingerprint density at radius 3 is 2.18 bits per heavy atom. The summed E-state index contributed by atoms with van der Waals surface area (Å²) in [5.41, 5.74) is -0.376. The van der Waals surface area contributed by atoms with Crippen molar-refractivity contribution in [2.75, 3.05) is 19.7 Å². The Morgan fingerprint density at radius 2 is 1.71 bits per heavy atom. The maximum Gasteiger partial charge on any atom is 0.178 e. The van der Waals surface area contributed by atoms with E-state index < -0.39 is 0 Å². The first-order valence-electron chi connectivity index (χ1n) is 6.84. The second-order valence-corrected chi connectivity index (χ2v) is 5.74. The molecule has 17 heavy (non-hydrogen) atoms. The molecule has 0 spiro atoms. The number of ketones is 1. The van der Waals surface area contributed by atoms with E-state index >= 15 is 0 Å². The van der Waals surface area contributed by atoms with Crippen LogP contribution in [0.3, 0.4) is 0 Å². The van der Waals surface area contributed by atoms with Crippen LogP contribution in [0.5, 0.6) is 0 Å². The van der Waals surface area contributed by atoms with E-state index in [0.29, 0.717) is 0 Å². The minimum Gasteiger partial charge on any atom is -0.371 e. The largest absolute Gasteiger partial charge is 0.371 e. The average molecular weight is 241 g/mol. The third-order valence-corrected chi connectivity index (χ3v) is 3.63. The number of carbonyl (C=O) groups excluding carboxylic acids is 1. The van der Waals surface area contributed by atoms with Gasteiger partial charge in [-0.2, -0.15) is 0 Å². The van der Waals surface area contributed by atoms with Crippen LogP contribution < -0.4 is 0 Å². The molecule has 0 saturated carbocycles. The molecule has 0 bridgehead atoms. The summed E-state index contributed by atoms with van der Waals surface area (Å²) >= 11 is 0. The third kappa shape index (κ3) is 4.40.